The molecule has 5 nitrogen and oxygen atoms in total. The first kappa shape index (κ1) is 19.9. The standard InChI is InChI=1S/C22H24N2O3S/c1-26-19-14-18-21(15-20(19)27-2)28-22(24-18)7-4-3-6-16-8-10-17(11-9-16)23-12-5-13-25/h3-4,6-11,14-15,23,25H,5,12-13H2,1-2H3. The van der Waals surface area contributed by atoms with Crippen LogP contribution < -0.4 is 14.8 Å². The lowest BCUT2D eigenvalue weighted by Crippen LogP contribution is -2.02. The highest BCUT2D eigenvalue weighted by atomic mass is 32.1. The number of ether oxygens (including phenoxy) is 2. The van der Waals surface area contributed by atoms with E-state index in [9.17, 15) is 0 Å². The Labute approximate surface area is 169 Å². The van der Waals surface area contributed by atoms with Gasteiger partial charge in [0.2, 0.25) is 0 Å². The second-order valence-electron chi connectivity index (χ2n) is 6.07. The molecule has 3 aromatic rings. The molecule has 2 aromatic carbocycles. The van der Waals surface area contributed by atoms with Crippen molar-refractivity contribution in [3.05, 3.63) is 59.1 Å². The monoisotopic (exact) mass is 396 g/mol. The number of hydrogen-bond donors (Lipinski definition) is 2. The van der Waals surface area contributed by atoms with Crippen LogP contribution in [0.4, 0.5) is 5.69 Å². The van der Waals surface area contributed by atoms with Crippen LogP contribution in [0.5, 0.6) is 11.5 Å². The number of fused-ring (bicyclic) bond motifs is 1. The number of hydrogen-bond acceptors (Lipinski definition) is 6. The van der Waals surface area contributed by atoms with Gasteiger partial charge < -0.3 is 19.9 Å². The maximum Gasteiger partial charge on any atom is 0.162 e. The SMILES string of the molecule is COc1cc2nc(C=CC=Cc3ccc(NCCCO)cc3)sc2cc1OC. The first-order valence-corrected chi connectivity index (χ1v) is 9.87. The summed E-state index contributed by atoms with van der Waals surface area (Å²) in [4.78, 5) is 4.62. The van der Waals surface area contributed by atoms with Crippen molar-refractivity contribution in [3.8, 4) is 11.5 Å². The first-order chi connectivity index (χ1) is 13.7. The molecule has 0 fully saturated rings. The van der Waals surface area contributed by atoms with Gasteiger partial charge in [0.15, 0.2) is 11.5 Å². The highest BCUT2D eigenvalue weighted by Crippen LogP contribution is 2.34. The molecule has 0 saturated carbocycles. The number of nitrogens with one attached hydrogen (secondary N) is 1. The van der Waals surface area contributed by atoms with Crippen molar-refractivity contribution in [3.63, 3.8) is 0 Å². The molecule has 2 N–H and O–H groups in total. The second kappa shape index (κ2) is 9.92. The van der Waals surface area contributed by atoms with Gasteiger partial charge in [0.1, 0.15) is 5.01 Å². The molecule has 0 unspecified atom stereocenters. The van der Waals surface area contributed by atoms with Crippen LogP contribution in [0.25, 0.3) is 22.4 Å². The number of aliphatic hydroxyl groups is 1. The van der Waals surface area contributed by atoms with Crippen LogP contribution in [0.1, 0.15) is 17.0 Å². The predicted octanol–water partition coefficient (Wildman–Crippen LogP) is 4.83. The molecule has 1 heterocycles. The molecule has 28 heavy (non-hydrogen) atoms. The van der Waals surface area contributed by atoms with Crippen molar-refractivity contribution < 1.29 is 14.6 Å². The van der Waals surface area contributed by atoms with Crippen molar-refractivity contribution in [2.24, 2.45) is 0 Å². The third kappa shape index (κ3) is 5.12. The fraction of sp³-hybridized carbons (Fsp3) is 0.227. The van der Waals surface area contributed by atoms with Crippen LogP contribution in [-0.4, -0.2) is 37.5 Å². The van der Waals surface area contributed by atoms with Crippen LogP contribution in [0.15, 0.2) is 48.6 Å². The summed E-state index contributed by atoms with van der Waals surface area (Å²) in [6, 6.07) is 12.0. The molecule has 0 aliphatic carbocycles. The minimum atomic E-state index is 0.204. The summed E-state index contributed by atoms with van der Waals surface area (Å²) in [6.45, 7) is 0.976. The Bertz CT molecular complexity index is 921. The highest BCUT2D eigenvalue weighted by molar-refractivity contribution is 7.19. The molecule has 0 atom stereocenters. The lowest BCUT2D eigenvalue weighted by molar-refractivity contribution is 0.292. The molecular weight excluding hydrogens is 372 g/mol. The highest BCUT2D eigenvalue weighted by Gasteiger charge is 2.09. The van der Waals surface area contributed by atoms with Gasteiger partial charge in [0.05, 0.1) is 24.4 Å². The number of rotatable bonds is 9. The van der Waals surface area contributed by atoms with Gasteiger partial charge in [-0.1, -0.05) is 30.4 Å². The molecule has 0 aliphatic heterocycles. The average molecular weight is 397 g/mol. The van der Waals surface area contributed by atoms with Crippen LogP contribution >= 0.6 is 11.3 Å². The maximum absolute atomic E-state index is 8.81. The van der Waals surface area contributed by atoms with Gasteiger partial charge >= 0.3 is 0 Å². The normalized spacial score (nSPS) is 11.5. The van der Waals surface area contributed by atoms with Crippen molar-refractivity contribution in [1.82, 2.24) is 4.98 Å². The quantitative estimate of drug-likeness (QED) is 0.400. The van der Waals surface area contributed by atoms with E-state index in [4.69, 9.17) is 14.6 Å². The third-order valence-electron chi connectivity index (χ3n) is 4.12. The van der Waals surface area contributed by atoms with Gasteiger partial charge in [-0.25, -0.2) is 4.98 Å². The molecule has 3 rings (SSSR count). The molecule has 0 spiro atoms. The summed E-state index contributed by atoms with van der Waals surface area (Å²) in [5.74, 6) is 1.40. The number of allylic oxidation sites excluding steroid dienone is 2. The van der Waals surface area contributed by atoms with Gasteiger partial charge in [-0.05, 0) is 30.2 Å². The smallest absolute Gasteiger partial charge is 0.162 e. The Morgan fingerprint density at radius 1 is 1.04 bits per heavy atom. The van der Waals surface area contributed by atoms with E-state index in [1.165, 1.54) is 0 Å². The third-order valence-corrected chi connectivity index (χ3v) is 5.11. The largest absolute Gasteiger partial charge is 0.493 e. The van der Waals surface area contributed by atoms with Gasteiger partial charge in [0, 0.05) is 31.0 Å². The van der Waals surface area contributed by atoms with Crippen molar-refractivity contribution in [2.45, 2.75) is 6.42 Å². The number of methoxy groups -OCH3 is 2. The molecule has 0 amide bonds. The van der Waals surface area contributed by atoms with Crippen molar-refractivity contribution in [1.29, 1.82) is 0 Å². The molecule has 0 bridgehead atoms. The summed E-state index contributed by atoms with van der Waals surface area (Å²) < 4.78 is 11.7. The van der Waals surface area contributed by atoms with Crippen LogP contribution in [0, 0.1) is 0 Å². The van der Waals surface area contributed by atoms with E-state index in [1.54, 1.807) is 25.6 Å². The lowest BCUT2D eigenvalue weighted by atomic mass is 10.2. The Hall–Kier alpha value is -2.83. The van der Waals surface area contributed by atoms with E-state index in [-0.39, 0.29) is 6.61 Å². The summed E-state index contributed by atoms with van der Waals surface area (Å²) >= 11 is 1.61. The fourth-order valence-electron chi connectivity index (χ4n) is 2.67. The molecule has 146 valence electrons. The van der Waals surface area contributed by atoms with Crippen LogP contribution in [0.2, 0.25) is 0 Å². The zero-order chi connectivity index (χ0) is 19.8. The number of nitrogens with zero attached hydrogens (tertiary/aromatic N) is 1. The van der Waals surface area contributed by atoms with E-state index in [2.05, 4.69) is 22.4 Å². The number of thiazole rings is 1. The zero-order valence-electron chi connectivity index (χ0n) is 16.0. The summed E-state index contributed by atoms with van der Waals surface area (Å²) in [5.41, 5.74) is 3.08. The fourth-order valence-corrected chi connectivity index (χ4v) is 3.56. The van der Waals surface area contributed by atoms with Gasteiger partial charge in [-0.2, -0.15) is 0 Å². The Morgan fingerprint density at radius 3 is 2.46 bits per heavy atom. The van der Waals surface area contributed by atoms with E-state index in [0.717, 1.165) is 39.4 Å². The van der Waals surface area contributed by atoms with Gasteiger partial charge in [-0.15, -0.1) is 11.3 Å². The Morgan fingerprint density at radius 2 is 1.75 bits per heavy atom. The number of aromatic nitrogens is 1. The van der Waals surface area contributed by atoms with E-state index in [1.807, 2.05) is 48.6 Å². The molecule has 0 radical (unpaired) electrons. The number of anilines is 1. The second-order valence-corrected chi connectivity index (χ2v) is 7.13. The maximum atomic E-state index is 8.81. The van der Waals surface area contributed by atoms with Crippen molar-refractivity contribution >= 4 is 39.4 Å². The van der Waals surface area contributed by atoms with E-state index in [0.29, 0.717) is 11.5 Å². The minimum absolute atomic E-state index is 0.204. The Kier molecular flexibility index (Phi) is 7.06. The Balaban J connectivity index is 1.63. The molecule has 6 heteroatoms. The summed E-state index contributed by atoms with van der Waals surface area (Å²) in [5, 5.41) is 13.0. The first-order valence-electron chi connectivity index (χ1n) is 9.05. The van der Waals surface area contributed by atoms with Crippen LogP contribution in [-0.2, 0) is 0 Å². The zero-order valence-corrected chi connectivity index (χ0v) is 16.8. The van der Waals surface area contributed by atoms with E-state index >= 15 is 0 Å². The minimum Gasteiger partial charge on any atom is -0.493 e. The average Bonchev–Trinajstić information content (AvgIpc) is 3.13. The lowest BCUT2D eigenvalue weighted by Gasteiger charge is -2.05. The summed E-state index contributed by atoms with van der Waals surface area (Å²) in [7, 11) is 3.26. The van der Waals surface area contributed by atoms with Crippen LogP contribution in [0.3, 0.4) is 0 Å². The van der Waals surface area contributed by atoms with E-state index < -0.39 is 0 Å². The molecule has 0 aliphatic rings. The topological polar surface area (TPSA) is 63.6 Å². The van der Waals surface area contributed by atoms with Crippen molar-refractivity contribution in [2.75, 3.05) is 32.7 Å². The molecule has 1 aromatic heterocycles. The summed E-state index contributed by atoms with van der Waals surface area (Å²) in [6.07, 6.45) is 8.77. The molecular formula is C22H24N2O3S. The predicted molar refractivity (Wildman–Crippen MR) is 117 cm³/mol. The number of benzene rings is 2. The van der Waals surface area contributed by atoms with Gasteiger partial charge in [-0.3, -0.25) is 0 Å². The number of aliphatic hydroxyl groups excluding tert-OH is 1. The van der Waals surface area contributed by atoms with Gasteiger partial charge in [0.25, 0.3) is 0 Å². The molecule has 0 saturated heterocycles.